The summed E-state index contributed by atoms with van der Waals surface area (Å²) in [4.78, 5) is 12.6. The summed E-state index contributed by atoms with van der Waals surface area (Å²) in [7, 11) is 0. The van der Waals surface area contributed by atoms with Crippen LogP contribution in [0.3, 0.4) is 0 Å². The zero-order chi connectivity index (χ0) is 22.6. The second-order valence-electron chi connectivity index (χ2n) is 7.11. The molecule has 2 aromatic rings. The first-order valence-corrected chi connectivity index (χ1v) is 11.4. The van der Waals surface area contributed by atoms with Gasteiger partial charge in [-0.25, -0.2) is 0 Å². The van der Waals surface area contributed by atoms with E-state index in [1.165, 1.54) is 12.8 Å². The number of unbranched alkanes of at least 4 members (excludes halogenated alkanes) is 3. The minimum Gasteiger partial charge on any atom is -0.490 e. The lowest BCUT2D eigenvalue weighted by Crippen LogP contribution is -2.14. The van der Waals surface area contributed by atoms with Gasteiger partial charge in [0.25, 0.3) is 5.91 Å². The van der Waals surface area contributed by atoms with Crippen LogP contribution in [0.1, 0.15) is 50.7 Å². The van der Waals surface area contributed by atoms with Gasteiger partial charge in [-0.3, -0.25) is 4.79 Å². The molecule has 31 heavy (non-hydrogen) atoms. The summed E-state index contributed by atoms with van der Waals surface area (Å²) in [5, 5.41) is 12.3. The molecular formula is C25H29BrN2O3. The fourth-order valence-corrected chi connectivity index (χ4v) is 3.57. The number of carbonyl (C=O) groups is 1. The van der Waals surface area contributed by atoms with Gasteiger partial charge in [0.15, 0.2) is 11.5 Å². The Morgan fingerprint density at radius 2 is 1.94 bits per heavy atom. The van der Waals surface area contributed by atoms with E-state index in [1.807, 2.05) is 44.2 Å². The van der Waals surface area contributed by atoms with Crippen molar-refractivity contribution in [2.24, 2.45) is 0 Å². The van der Waals surface area contributed by atoms with E-state index in [0.717, 1.165) is 22.9 Å². The summed E-state index contributed by atoms with van der Waals surface area (Å²) in [5.74, 6) is 0.760. The highest BCUT2D eigenvalue weighted by molar-refractivity contribution is 9.10. The Labute approximate surface area is 193 Å². The highest BCUT2D eigenvalue weighted by atomic mass is 79.9. The molecule has 0 saturated carbocycles. The third-order valence-corrected chi connectivity index (χ3v) is 5.23. The molecule has 0 aliphatic rings. The Kier molecular flexibility index (Phi) is 10.1. The average molecular weight is 485 g/mol. The third-order valence-electron chi connectivity index (χ3n) is 4.65. The van der Waals surface area contributed by atoms with Gasteiger partial charge in [0.2, 0.25) is 0 Å². The van der Waals surface area contributed by atoms with E-state index < -0.39 is 5.91 Å². The van der Waals surface area contributed by atoms with Crippen molar-refractivity contribution in [1.82, 2.24) is 0 Å². The first kappa shape index (κ1) is 24.5. The van der Waals surface area contributed by atoms with Gasteiger partial charge in [-0.05, 0) is 71.6 Å². The highest BCUT2D eigenvalue weighted by Gasteiger charge is 2.15. The number of amides is 1. The largest absolute Gasteiger partial charge is 0.490 e. The van der Waals surface area contributed by atoms with Gasteiger partial charge in [-0.15, -0.1) is 0 Å². The van der Waals surface area contributed by atoms with Crippen LogP contribution in [0, 0.1) is 18.3 Å². The number of anilines is 1. The predicted octanol–water partition coefficient (Wildman–Crippen LogP) is 6.66. The number of ether oxygens (including phenoxy) is 2. The molecular weight excluding hydrogens is 456 g/mol. The van der Waals surface area contributed by atoms with E-state index in [-0.39, 0.29) is 5.57 Å². The molecule has 0 heterocycles. The van der Waals surface area contributed by atoms with Gasteiger partial charge in [-0.2, -0.15) is 5.26 Å². The van der Waals surface area contributed by atoms with Crippen molar-refractivity contribution in [2.75, 3.05) is 18.5 Å². The second kappa shape index (κ2) is 12.8. The van der Waals surface area contributed by atoms with E-state index >= 15 is 0 Å². The summed E-state index contributed by atoms with van der Waals surface area (Å²) < 4.78 is 12.4. The Morgan fingerprint density at radius 1 is 1.16 bits per heavy atom. The Morgan fingerprint density at radius 3 is 2.61 bits per heavy atom. The number of aryl methyl sites for hydroxylation is 1. The van der Waals surface area contributed by atoms with Crippen LogP contribution in [0.5, 0.6) is 11.5 Å². The van der Waals surface area contributed by atoms with Crippen molar-refractivity contribution in [3.8, 4) is 17.6 Å². The standard InChI is InChI=1S/C25H29BrN2O3/c1-4-6-7-10-13-31-24-21(26)15-19(16-23(24)30-5-2)14-20(17-27)25(29)28-22-12-9-8-11-18(22)3/h8-9,11-12,14-16H,4-7,10,13H2,1-3H3,(H,28,29)/b20-14-. The molecule has 0 radical (unpaired) electrons. The topological polar surface area (TPSA) is 71.3 Å². The zero-order valence-electron chi connectivity index (χ0n) is 18.3. The van der Waals surface area contributed by atoms with Crippen molar-refractivity contribution < 1.29 is 14.3 Å². The van der Waals surface area contributed by atoms with Crippen LogP contribution in [-0.4, -0.2) is 19.1 Å². The summed E-state index contributed by atoms with van der Waals surface area (Å²) >= 11 is 3.55. The normalized spacial score (nSPS) is 11.0. The molecule has 1 N–H and O–H groups in total. The smallest absolute Gasteiger partial charge is 0.266 e. The molecule has 0 unspecified atom stereocenters. The van der Waals surface area contributed by atoms with Crippen molar-refractivity contribution in [3.63, 3.8) is 0 Å². The fourth-order valence-electron chi connectivity index (χ4n) is 3.00. The molecule has 0 bridgehead atoms. The predicted molar refractivity (Wildman–Crippen MR) is 128 cm³/mol. The number of rotatable bonds is 11. The van der Waals surface area contributed by atoms with Gasteiger partial charge in [0.05, 0.1) is 17.7 Å². The first-order valence-electron chi connectivity index (χ1n) is 10.6. The van der Waals surface area contributed by atoms with Crippen molar-refractivity contribution in [2.45, 2.75) is 46.5 Å². The van der Waals surface area contributed by atoms with Gasteiger partial charge in [0, 0.05) is 5.69 Å². The van der Waals surface area contributed by atoms with Gasteiger partial charge < -0.3 is 14.8 Å². The molecule has 0 spiro atoms. The minimum atomic E-state index is -0.456. The number of hydrogen-bond donors (Lipinski definition) is 1. The Hall–Kier alpha value is -2.78. The van der Waals surface area contributed by atoms with E-state index in [4.69, 9.17) is 9.47 Å². The maximum absolute atomic E-state index is 12.6. The summed E-state index contributed by atoms with van der Waals surface area (Å²) in [6.07, 6.45) is 6.01. The maximum atomic E-state index is 12.6. The van der Waals surface area contributed by atoms with Gasteiger partial charge in [-0.1, -0.05) is 44.4 Å². The molecule has 0 saturated heterocycles. The molecule has 2 aromatic carbocycles. The molecule has 0 aliphatic heterocycles. The van der Waals surface area contributed by atoms with Gasteiger partial charge >= 0.3 is 0 Å². The molecule has 0 aliphatic carbocycles. The fraction of sp³-hybridized carbons (Fsp3) is 0.360. The lowest BCUT2D eigenvalue weighted by molar-refractivity contribution is -0.112. The van der Waals surface area contributed by atoms with Crippen LogP contribution in [0.15, 0.2) is 46.4 Å². The third kappa shape index (κ3) is 7.45. The summed E-state index contributed by atoms with van der Waals surface area (Å²) in [6, 6.07) is 13.0. The quantitative estimate of drug-likeness (QED) is 0.220. The number of nitrogens with zero attached hydrogens (tertiary/aromatic N) is 1. The van der Waals surface area contributed by atoms with E-state index in [0.29, 0.717) is 36.0 Å². The van der Waals surface area contributed by atoms with Gasteiger partial charge in [0.1, 0.15) is 11.6 Å². The Bertz CT molecular complexity index is 964. The average Bonchev–Trinajstić information content (AvgIpc) is 2.75. The van der Waals surface area contributed by atoms with Crippen LogP contribution in [0.2, 0.25) is 0 Å². The first-order chi connectivity index (χ1) is 15.0. The molecule has 0 fully saturated rings. The van der Waals surface area contributed by atoms with E-state index in [2.05, 4.69) is 28.2 Å². The number of hydrogen-bond acceptors (Lipinski definition) is 4. The molecule has 6 heteroatoms. The van der Waals surface area contributed by atoms with Crippen LogP contribution >= 0.6 is 15.9 Å². The number of halogens is 1. The minimum absolute atomic E-state index is 0.00540. The van der Waals surface area contributed by atoms with Crippen LogP contribution in [0.4, 0.5) is 5.69 Å². The van der Waals surface area contributed by atoms with E-state index in [1.54, 1.807) is 18.2 Å². The summed E-state index contributed by atoms with van der Waals surface area (Å²) in [5.41, 5.74) is 2.28. The van der Waals surface area contributed by atoms with E-state index in [9.17, 15) is 10.1 Å². The lowest BCUT2D eigenvalue weighted by Gasteiger charge is -2.15. The summed E-state index contributed by atoms with van der Waals surface area (Å²) in [6.45, 7) is 7.06. The van der Waals surface area contributed by atoms with Crippen molar-refractivity contribution in [1.29, 1.82) is 5.26 Å². The molecule has 0 aromatic heterocycles. The second-order valence-corrected chi connectivity index (χ2v) is 7.97. The number of benzene rings is 2. The number of nitriles is 1. The number of carbonyl (C=O) groups excluding carboxylic acids is 1. The maximum Gasteiger partial charge on any atom is 0.266 e. The van der Waals surface area contributed by atoms with Crippen molar-refractivity contribution in [3.05, 3.63) is 57.6 Å². The lowest BCUT2D eigenvalue weighted by atomic mass is 10.1. The molecule has 2 rings (SSSR count). The zero-order valence-corrected chi connectivity index (χ0v) is 19.9. The molecule has 0 atom stereocenters. The molecule has 164 valence electrons. The number of nitrogens with one attached hydrogen (secondary N) is 1. The van der Waals surface area contributed by atoms with Crippen LogP contribution in [-0.2, 0) is 4.79 Å². The van der Waals surface area contributed by atoms with Crippen LogP contribution in [0.25, 0.3) is 6.08 Å². The van der Waals surface area contributed by atoms with Crippen LogP contribution < -0.4 is 14.8 Å². The SMILES string of the molecule is CCCCCCOc1c(Br)cc(/C=C(/C#N)C(=O)Nc2ccccc2C)cc1OCC. The molecule has 1 amide bonds. The monoisotopic (exact) mass is 484 g/mol. The highest BCUT2D eigenvalue weighted by Crippen LogP contribution is 2.37. The molecule has 5 nitrogen and oxygen atoms in total. The Balaban J connectivity index is 2.23. The van der Waals surface area contributed by atoms with Crippen molar-refractivity contribution >= 4 is 33.6 Å². The number of para-hydroxylation sites is 1.